The molecule has 7 aromatic carbocycles. The van der Waals surface area contributed by atoms with E-state index in [2.05, 4.69) is 28.6 Å². The summed E-state index contributed by atoms with van der Waals surface area (Å²) in [4.78, 5) is 20.3. The van der Waals surface area contributed by atoms with E-state index in [0.717, 1.165) is 76.6 Å². The van der Waals surface area contributed by atoms with Gasteiger partial charge in [-0.15, -0.1) is 0 Å². The summed E-state index contributed by atoms with van der Waals surface area (Å²) in [6.07, 6.45) is 0. The van der Waals surface area contributed by atoms with Crippen LogP contribution in [0.3, 0.4) is 0 Å². The Hall–Kier alpha value is -6.73. The maximum atomic E-state index is 15.1. The van der Waals surface area contributed by atoms with Crippen molar-refractivity contribution in [3.8, 4) is 45.4 Å². The van der Waals surface area contributed by atoms with Gasteiger partial charge in [0.25, 0.3) is 0 Å². The van der Waals surface area contributed by atoms with Crippen molar-refractivity contribution in [2.75, 3.05) is 0 Å². The average Bonchev–Trinajstić information content (AvgIpc) is 3.76. The molecule has 7 nitrogen and oxygen atoms in total. The van der Waals surface area contributed by atoms with Crippen LogP contribution in [0, 0.1) is 0 Å². The van der Waals surface area contributed by atoms with Gasteiger partial charge in [-0.25, -0.2) is 19.9 Å². The van der Waals surface area contributed by atoms with Gasteiger partial charge < -0.3 is 4.57 Å². The average molecular weight is 745 g/mol. The molecule has 55 heavy (non-hydrogen) atoms. The summed E-state index contributed by atoms with van der Waals surface area (Å²) in [5.74, 6) is 1.58. The van der Waals surface area contributed by atoms with Gasteiger partial charge in [-0.05, 0) is 18.2 Å². The van der Waals surface area contributed by atoms with Gasteiger partial charge in [-0.1, -0.05) is 158 Å². The Morgan fingerprint density at radius 1 is 0.400 bits per heavy atom. The first kappa shape index (κ1) is 32.9. The lowest BCUT2D eigenvalue weighted by Crippen LogP contribution is -2.24. The quantitative estimate of drug-likeness (QED) is 0.118. The van der Waals surface area contributed by atoms with Crippen molar-refractivity contribution in [1.82, 2.24) is 28.7 Å². The molecular formula is C46H29N6OPS. The Morgan fingerprint density at radius 3 is 1.51 bits per heavy atom. The van der Waals surface area contributed by atoms with Crippen LogP contribution in [0.2, 0.25) is 0 Å². The summed E-state index contributed by atoms with van der Waals surface area (Å²) in [5, 5.41) is 5.31. The second-order valence-electron chi connectivity index (χ2n) is 13.2. The molecule has 0 aliphatic rings. The molecule has 0 amide bonds. The van der Waals surface area contributed by atoms with Gasteiger partial charge in [0.05, 0.1) is 22.9 Å². The van der Waals surface area contributed by atoms with Crippen LogP contribution < -0.4 is 15.9 Å². The largest absolute Gasteiger partial charge is 0.309 e. The van der Waals surface area contributed by atoms with Crippen molar-refractivity contribution in [1.29, 1.82) is 0 Å². The van der Waals surface area contributed by atoms with E-state index in [9.17, 15) is 0 Å². The van der Waals surface area contributed by atoms with Crippen LogP contribution in [0.25, 0.3) is 78.1 Å². The van der Waals surface area contributed by atoms with Gasteiger partial charge in [-0.2, -0.15) is 8.75 Å². The number of benzene rings is 7. The van der Waals surface area contributed by atoms with E-state index in [1.807, 2.05) is 152 Å². The lowest BCUT2D eigenvalue weighted by atomic mass is 9.98. The van der Waals surface area contributed by atoms with Crippen molar-refractivity contribution in [3.63, 3.8) is 0 Å². The third-order valence-electron chi connectivity index (χ3n) is 9.88. The summed E-state index contributed by atoms with van der Waals surface area (Å²) in [7, 11) is -3.15. The number of hydrogen-bond donors (Lipinski definition) is 0. The molecule has 0 N–H and O–H groups in total. The SMILES string of the molecule is O=P(c1ccccc1)(c1ccccc1)c1ccc(-c2nc(-c3ccccc3)nc(-c3ccc4c(c3)nc(-c3ccccc3)c3ccc5nsnc5c34)n2)cc1. The van der Waals surface area contributed by atoms with Gasteiger partial charge in [0, 0.05) is 54.3 Å². The molecule has 0 radical (unpaired) electrons. The van der Waals surface area contributed by atoms with Crippen LogP contribution in [0.15, 0.2) is 176 Å². The van der Waals surface area contributed by atoms with E-state index < -0.39 is 7.14 Å². The molecule has 9 heteroatoms. The maximum Gasteiger partial charge on any atom is 0.171 e. The Bertz CT molecular complexity index is 3010. The minimum absolute atomic E-state index is 0.511. The molecule has 10 rings (SSSR count). The lowest BCUT2D eigenvalue weighted by Gasteiger charge is -2.20. The normalized spacial score (nSPS) is 11.7. The van der Waals surface area contributed by atoms with E-state index in [-0.39, 0.29) is 0 Å². The molecule has 0 atom stereocenters. The first-order chi connectivity index (χ1) is 27.1. The van der Waals surface area contributed by atoms with E-state index in [1.54, 1.807) is 0 Å². The number of nitrogens with zero attached hydrogens (tertiary/aromatic N) is 6. The van der Waals surface area contributed by atoms with Crippen LogP contribution in [-0.2, 0) is 4.57 Å². The Balaban J connectivity index is 1.13. The van der Waals surface area contributed by atoms with Crippen LogP contribution in [-0.4, -0.2) is 28.7 Å². The molecule has 0 unspecified atom stereocenters. The summed E-state index contributed by atoms with van der Waals surface area (Å²) in [5.41, 5.74) is 6.87. The van der Waals surface area contributed by atoms with Gasteiger partial charge in [0.1, 0.15) is 11.0 Å². The van der Waals surface area contributed by atoms with Gasteiger partial charge in [0.15, 0.2) is 24.6 Å². The second-order valence-corrected chi connectivity index (χ2v) is 16.5. The molecule has 0 spiro atoms. The minimum atomic E-state index is -3.15. The molecule has 3 heterocycles. The van der Waals surface area contributed by atoms with Gasteiger partial charge >= 0.3 is 0 Å². The molecule has 0 aliphatic heterocycles. The van der Waals surface area contributed by atoms with E-state index in [0.29, 0.717) is 17.5 Å². The number of hydrogen-bond acceptors (Lipinski definition) is 8. The molecule has 3 aromatic heterocycles. The number of aromatic nitrogens is 6. The van der Waals surface area contributed by atoms with Crippen LogP contribution >= 0.6 is 18.9 Å². The molecule has 0 bridgehead atoms. The predicted molar refractivity (Wildman–Crippen MR) is 225 cm³/mol. The second kappa shape index (κ2) is 13.6. The highest BCUT2D eigenvalue weighted by atomic mass is 32.1. The Labute approximate surface area is 320 Å². The number of fused-ring (bicyclic) bond motifs is 5. The Kier molecular flexibility index (Phi) is 8.13. The Morgan fingerprint density at radius 2 is 0.891 bits per heavy atom. The topological polar surface area (TPSA) is 94.4 Å². The van der Waals surface area contributed by atoms with E-state index >= 15 is 4.57 Å². The molecule has 260 valence electrons. The lowest BCUT2D eigenvalue weighted by molar-refractivity contribution is 0.592. The summed E-state index contributed by atoms with van der Waals surface area (Å²) >= 11 is 1.21. The first-order valence-electron chi connectivity index (χ1n) is 17.8. The smallest absolute Gasteiger partial charge is 0.171 e. The van der Waals surface area contributed by atoms with Gasteiger partial charge in [0.2, 0.25) is 0 Å². The van der Waals surface area contributed by atoms with Crippen molar-refractivity contribution in [3.05, 3.63) is 176 Å². The third kappa shape index (κ3) is 5.80. The summed E-state index contributed by atoms with van der Waals surface area (Å²) in [6, 6.07) is 57.5. The molecule has 10 aromatic rings. The summed E-state index contributed by atoms with van der Waals surface area (Å²) in [6.45, 7) is 0. The summed E-state index contributed by atoms with van der Waals surface area (Å²) < 4.78 is 24.3. The zero-order valence-electron chi connectivity index (χ0n) is 29.2. The number of rotatable bonds is 7. The van der Waals surface area contributed by atoms with Crippen LogP contribution in [0.4, 0.5) is 0 Å². The minimum Gasteiger partial charge on any atom is -0.309 e. The fraction of sp³-hybridized carbons (Fsp3) is 0. The van der Waals surface area contributed by atoms with Crippen molar-refractivity contribution in [2.24, 2.45) is 0 Å². The third-order valence-corrected chi connectivity index (χ3v) is 13.5. The fourth-order valence-corrected chi connectivity index (χ4v) is 10.4. The monoisotopic (exact) mass is 744 g/mol. The van der Waals surface area contributed by atoms with Gasteiger partial charge in [-0.3, -0.25) is 0 Å². The highest BCUT2D eigenvalue weighted by Crippen LogP contribution is 2.43. The van der Waals surface area contributed by atoms with Crippen molar-refractivity contribution >= 4 is 67.5 Å². The molecule has 0 aliphatic carbocycles. The maximum absolute atomic E-state index is 15.1. The predicted octanol–water partition coefficient (Wildman–Crippen LogP) is 9.89. The fourth-order valence-electron chi connectivity index (χ4n) is 7.19. The van der Waals surface area contributed by atoms with E-state index in [1.165, 1.54) is 11.7 Å². The zero-order valence-corrected chi connectivity index (χ0v) is 30.9. The number of pyridine rings is 1. The highest BCUT2D eigenvalue weighted by molar-refractivity contribution is 7.85. The molecule has 0 saturated heterocycles. The first-order valence-corrected chi connectivity index (χ1v) is 20.3. The van der Waals surface area contributed by atoms with Crippen molar-refractivity contribution in [2.45, 2.75) is 0 Å². The van der Waals surface area contributed by atoms with Crippen LogP contribution in [0.5, 0.6) is 0 Å². The molecular weight excluding hydrogens is 716 g/mol. The zero-order chi connectivity index (χ0) is 36.8. The van der Waals surface area contributed by atoms with Crippen LogP contribution in [0.1, 0.15) is 0 Å². The molecule has 0 fully saturated rings. The standard InChI is InChI=1S/C46H29N6OPS/c53-54(34-17-9-3-10-18-34,35-19-11-4-12-20-35)36-24-21-32(22-25-36)45-48-44(31-15-7-2-8-16-31)49-46(50-45)33-23-26-37-40(29-33)47-42(30-13-5-1-6-14-30)38-27-28-39-43(41(37)38)52-55-51-39/h1-29H. The molecule has 0 saturated carbocycles. The van der Waals surface area contributed by atoms with E-state index in [4.69, 9.17) is 24.3 Å². The van der Waals surface area contributed by atoms with Crippen molar-refractivity contribution < 1.29 is 4.57 Å². The highest BCUT2D eigenvalue weighted by Gasteiger charge is 2.29.